The zero-order valence-electron chi connectivity index (χ0n) is 28.2. The van der Waals surface area contributed by atoms with Crippen LogP contribution in [0.25, 0.3) is 0 Å². The van der Waals surface area contributed by atoms with Crippen LogP contribution in [0.1, 0.15) is 38.2 Å². The third-order valence-electron chi connectivity index (χ3n) is 11.6. The highest BCUT2D eigenvalue weighted by Gasteiger charge is 2.68. The lowest BCUT2D eigenvalue weighted by atomic mass is 9.51. The first-order valence-electron chi connectivity index (χ1n) is 17.3. The summed E-state index contributed by atoms with van der Waals surface area (Å²) in [5, 5.41) is 11.4. The Morgan fingerprint density at radius 3 is 2.33 bits per heavy atom. The lowest BCUT2D eigenvalue weighted by Crippen LogP contribution is -2.48. The number of hydrogen-bond acceptors (Lipinski definition) is 8. The van der Waals surface area contributed by atoms with E-state index < -0.39 is 52.6 Å². The predicted molar refractivity (Wildman–Crippen MR) is 187 cm³/mol. The van der Waals surface area contributed by atoms with Gasteiger partial charge in [0.1, 0.15) is 5.82 Å². The average molecular weight is 714 g/mol. The molecule has 1 N–H and O–H groups in total. The molecular formula is C39H37ClFN3O7. The molecule has 12 heteroatoms. The number of fused-ring (bicyclic) bond motifs is 4. The fourth-order valence-corrected chi connectivity index (χ4v) is 9.34. The van der Waals surface area contributed by atoms with E-state index in [0.717, 1.165) is 35.3 Å². The largest absolute Gasteiger partial charge is 0.504 e. The number of carbonyl (C=O) groups is 4. The van der Waals surface area contributed by atoms with E-state index in [1.807, 2.05) is 18.2 Å². The molecule has 5 aliphatic rings. The molecule has 3 saturated heterocycles. The van der Waals surface area contributed by atoms with Crippen LogP contribution >= 0.6 is 11.6 Å². The van der Waals surface area contributed by atoms with Crippen molar-refractivity contribution < 1.29 is 38.1 Å². The number of para-hydroxylation sites is 1. The highest BCUT2D eigenvalue weighted by Crippen LogP contribution is 2.65. The van der Waals surface area contributed by atoms with Crippen LogP contribution < -0.4 is 19.4 Å². The summed E-state index contributed by atoms with van der Waals surface area (Å²) in [7, 11) is 0. The van der Waals surface area contributed by atoms with Crippen LogP contribution in [0.4, 0.5) is 21.5 Å². The van der Waals surface area contributed by atoms with Crippen LogP contribution in [-0.4, -0.2) is 61.6 Å². The Hall–Kier alpha value is -4.74. The van der Waals surface area contributed by atoms with Gasteiger partial charge in [0, 0.05) is 30.3 Å². The number of hydrogen-bond donors (Lipinski definition) is 1. The van der Waals surface area contributed by atoms with Crippen LogP contribution in [0.2, 0.25) is 5.02 Å². The topological polar surface area (TPSA) is 117 Å². The zero-order chi connectivity index (χ0) is 35.8. The molecule has 0 aromatic heterocycles. The molecule has 0 spiro atoms. The summed E-state index contributed by atoms with van der Waals surface area (Å²) < 4.78 is 25.4. The van der Waals surface area contributed by atoms with Gasteiger partial charge in [0.25, 0.3) is 0 Å². The standard InChI is InChI=1S/C39H37ClFN3O7/c1-3-51-31-6-4-5-26(34(31)45)33-24-12-13-25-32(37(48)43(35(25)46)22-9-7-21(8-10-22)42-15-17-50-18-16-42)27(24)20-28-36(47)44(38(49)39(28,33)2)23-11-14-30(41)29(40)19-23/h4-12,14,19,25,27-28,32-33,45H,3,13,15-18,20H2,1-2H3. The van der Waals surface area contributed by atoms with Crippen molar-refractivity contribution >= 4 is 52.3 Å². The minimum absolute atomic E-state index is 0.130. The molecule has 3 heterocycles. The van der Waals surface area contributed by atoms with Crippen LogP contribution in [-0.2, 0) is 23.9 Å². The van der Waals surface area contributed by atoms with E-state index in [-0.39, 0.29) is 53.5 Å². The molecule has 6 unspecified atom stereocenters. The van der Waals surface area contributed by atoms with Crippen LogP contribution in [0.3, 0.4) is 0 Å². The van der Waals surface area contributed by atoms with Crippen molar-refractivity contribution in [2.45, 2.75) is 32.6 Å². The lowest BCUT2D eigenvalue weighted by molar-refractivity contribution is -0.131. The van der Waals surface area contributed by atoms with Crippen molar-refractivity contribution in [2.75, 3.05) is 47.6 Å². The van der Waals surface area contributed by atoms with Crippen LogP contribution in [0.5, 0.6) is 11.5 Å². The molecule has 0 radical (unpaired) electrons. The number of anilines is 3. The molecule has 0 bridgehead atoms. The molecule has 51 heavy (non-hydrogen) atoms. The number of imide groups is 2. The quantitative estimate of drug-likeness (QED) is 0.250. The van der Waals surface area contributed by atoms with Gasteiger partial charge < -0.3 is 19.5 Å². The maximum absolute atomic E-state index is 14.7. The van der Waals surface area contributed by atoms with Gasteiger partial charge in [0.15, 0.2) is 11.5 Å². The number of aromatic hydroxyl groups is 1. The molecule has 3 aliphatic heterocycles. The molecular weight excluding hydrogens is 677 g/mol. The fourth-order valence-electron chi connectivity index (χ4n) is 9.16. The van der Waals surface area contributed by atoms with Crippen LogP contribution in [0.15, 0.2) is 72.3 Å². The Morgan fingerprint density at radius 1 is 0.922 bits per heavy atom. The van der Waals surface area contributed by atoms with E-state index in [1.165, 1.54) is 17.0 Å². The molecule has 1 saturated carbocycles. The molecule has 3 aromatic carbocycles. The van der Waals surface area contributed by atoms with Crippen molar-refractivity contribution in [1.29, 1.82) is 0 Å². The van der Waals surface area contributed by atoms with Gasteiger partial charge in [-0.2, -0.15) is 0 Å². The van der Waals surface area contributed by atoms with Crippen molar-refractivity contribution in [2.24, 2.45) is 29.1 Å². The van der Waals surface area contributed by atoms with E-state index in [0.29, 0.717) is 24.5 Å². The number of phenols is 1. The Balaban J connectivity index is 1.21. The first-order chi connectivity index (χ1) is 24.6. The van der Waals surface area contributed by atoms with Gasteiger partial charge in [-0.05, 0) is 81.1 Å². The highest BCUT2D eigenvalue weighted by molar-refractivity contribution is 6.32. The summed E-state index contributed by atoms with van der Waals surface area (Å²) in [6.45, 7) is 6.54. The summed E-state index contributed by atoms with van der Waals surface area (Å²) in [4.78, 5) is 62.1. The number of allylic oxidation sites excluding steroid dienone is 2. The SMILES string of the molecule is CCOc1cccc(C2C3=CCC4C(=O)N(c5ccc(N6CCOCC6)cc5)C(=O)C4C3CC3C(=O)N(c4ccc(F)c(Cl)c4)C(=O)C32C)c1O. The van der Waals surface area contributed by atoms with Gasteiger partial charge in [-0.3, -0.25) is 24.1 Å². The van der Waals surface area contributed by atoms with E-state index in [2.05, 4.69) is 4.90 Å². The second-order valence-electron chi connectivity index (χ2n) is 14.0. The van der Waals surface area contributed by atoms with Crippen molar-refractivity contribution in [3.05, 3.63) is 88.7 Å². The molecule has 4 fully saturated rings. The number of amides is 4. The number of nitrogens with zero attached hydrogens (tertiary/aromatic N) is 3. The van der Waals surface area contributed by atoms with Crippen molar-refractivity contribution in [3.8, 4) is 11.5 Å². The van der Waals surface area contributed by atoms with Gasteiger partial charge in [-0.15, -0.1) is 0 Å². The van der Waals surface area contributed by atoms with Gasteiger partial charge in [-0.1, -0.05) is 35.4 Å². The Morgan fingerprint density at radius 2 is 1.63 bits per heavy atom. The molecule has 4 amide bonds. The van der Waals surface area contributed by atoms with Gasteiger partial charge in [0.2, 0.25) is 23.6 Å². The van der Waals surface area contributed by atoms with Crippen LogP contribution in [0, 0.1) is 34.9 Å². The number of rotatable bonds is 6. The number of carbonyl (C=O) groups excluding carboxylic acids is 4. The number of benzene rings is 3. The molecule has 8 rings (SSSR count). The molecule has 264 valence electrons. The average Bonchev–Trinajstić information content (AvgIpc) is 3.50. The first-order valence-corrected chi connectivity index (χ1v) is 17.7. The molecule has 10 nitrogen and oxygen atoms in total. The monoisotopic (exact) mass is 713 g/mol. The second-order valence-corrected chi connectivity index (χ2v) is 14.4. The van der Waals surface area contributed by atoms with Gasteiger partial charge >= 0.3 is 0 Å². The lowest BCUT2D eigenvalue weighted by Gasteiger charge is -2.49. The first kappa shape index (κ1) is 33.4. The summed E-state index contributed by atoms with van der Waals surface area (Å²) in [5.74, 6) is -6.10. The van der Waals surface area contributed by atoms with Crippen molar-refractivity contribution in [1.82, 2.24) is 0 Å². The third kappa shape index (κ3) is 4.99. The van der Waals surface area contributed by atoms with Crippen molar-refractivity contribution in [3.63, 3.8) is 0 Å². The maximum atomic E-state index is 14.7. The minimum atomic E-state index is -1.41. The third-order valence-corrected chi connectivity index (χ3v) is 11.9. The normalized spacial score (nSPS) is 28.8. The second kappa shape index (κ2) is 12.5. The summed E-state index contributed by atoms with van der Waals surface area (Å²) in [5.41, 5.74) is 1.29. The van der Waals surface area contributed by atoms with E-state index >= 15 is 0 Å². The number of phenolic OH excluding ortho intramolecular Hbond substituents is 1. The van der Waals surface area contributed by atoms with E-state index in [4.69, 9.17) is 21.1 Å². The number of halogens is 2. The van der Waals surface area contributed by atoms with E-state index in [9.17, 15) is 28.7 Å². The maximum Gasteiger partial charge on any atom is 0.241 e. The molecule has 6 atom stereocenters. The smallest absolute Gasteiger partial charge is 0.241 e. The molecule has 2 aliphatic carbocycles. The van der Waals surface area contributed by atoms with E-state index in [1.54, 1.807) is 44.2 Å². The minimum Gasteiger partial charge on any atom is -0.504 e. The highest BCUT2D eigenvalue weighted by atomic mass is 35.5. The Kier molecular flexibility index (Phi) is 8.18. The number of morpholine rings is 1. The zero-order valence-corrected chi connectivity index (χ0v) is 28.9. The summed E-state index contributed by atoms with van der Waals surface area (Å²) in [6.07, 6.45) is 2.31. The Labute approximate surface area is 299 Å². The number of ether oxygens (including phenoxy) is 2. The summed E-state index contributed by atoms with van der Waals surface area (Å²) in [6, 6.07) is 16.1. The fraction of sp³-hybridized carbons (Fsp3) is 0.385. The van der Waals surface area contributed by atoms with Gasteiger partial charge in [-0.25, -0.2) is 9.29 Å². The summed E-state index contributed by atoms with van der Waals surface area (Å²) >= 11 is 6.11. The Bertz CT molecular complexity index is 2000. The predicted octanol–water partition coefficient (Wildman–Crippen LogP) is 5.86. The molecule has 3 aromatic rings. The van der Waals surface area contributed by atoms with Gasteiger partial charge in [0.05, 0.1) is 59.4 Å².